The maximum absolute atomic E-state index is 11.5. The molecule has 0 unspecified atom stereocenters. The molecule has 0 aliphatic heterocycles. The lowest BCUT2D eigenvalue weighted by Crippen LogP contribution is -2.28. The molecular formula is C37H54O3. The van der Waals surface area contributed by atoms with E-state index in [1.54, 1.807) is 0 Å². The number of hydrogen-bond acceptors (Lipinski definition) is 3. The van der Waals surface area contributed by atoms with Crippen molar-refractivity contribution in [2.45, 2.75) is 129 Å². The van der Waals surface area contributed by atoms with Gasteiger partial charge in [0.15, 0.2) is 0 Å². The number of carbonyl (C=O) groups is 1. The van der Waals surface area contributed by atoms with Crippen LogP contribution in [0.3, 0.4) is 0 Å². The molecule has 2 aliphatic carbocycles. The van der Waals surface area contributed by atoms with Crippen molar-refractivity contribution in [3.63, 3.8) is 0 Å². The van der Waals surface area contributed by atoms with E-state index in [-0.39, 0.29) is 0 Å². The van der Waals surface area contributed by atoms with Gasteiger partial charge in [0.2, 0.25) is 0 Å². The Morgan fingerprint density at radius 1 is 0.575 bits per heavy atom. The zero-order valence-electron chi connectivity index (χ0n) is 25.2. The van der Waals surface area contributed by atoms with Gasteiger partial charge in [-0.1, -0.05) is 93.3 Å². The van der Waals surface area contributed by atoms with Gasteiger partial charge in [-0.05, 0) is 93.4 Å². The van der Waals surface area contributed by atoms with Crippen LogP contribution < -0.4 is 4.74 Å². The second kappa shape index (κ2) is 17.6. The van der Waals surface area contributed by atoms with Crippen LogP contribution >= 0.6 is 0 Å². The second-order valence-electron chi connectivity index (χ2n) is 12.6. The van der Waals surface area contributed by atoms with Gasteiger partial charge >= 0.3 is 0 Å². The summed E-state index contributed by atoms with van der Waals surface area (Å²) < 4.78 is 12.2. The lowest BCUT2D eigenvalue weighted by Gasteiger charge is -2.35. The SMILES string of the molecule is Cc1ccc(-c2ccc(OCCCCCCCCCCCCOC3CCC(C4CCC(=O)CC4)CC3)cc2)cc1. The van der Waals surface area contributed by atoms with Gasteiger partial charge in [-0.25, -0.2) is 0 Å². The minimum absolute atomic E-state index is 0.488. The molecule has 0 atom stereocenters. The van der Waals surface area contributed by atoms with Crippen LogP contribution in [-0.4, -0.2) is 25.1 Å². The Balaban J connectivity index is 0.899. The van der Waals surface area contributed by atoms with Gasteiger partial charge in [0.05, 0.1) is 12.7 Å². The minimum Gasteiger partial charge on any atom is -0.494 e. The molecule has 2 saturated carbocycles. The highest BCUT2D eigenvalue weighted by molar-refractivity contribution is 5.79. The van der Waals surface area contributed by atoms with E-state index in [4.69, 9.17) is 9.47 Å². The van der Waals surface area contributed by atoms with Crippen LogP contribution in [0.15, 0.2) is 48.5 Å². The fourth-order valence-corrected chi connectivity index (χ4v) is 6.71. The van der Waals surface area contributed by atoms with Crippen molar-refractivity contribution in [2.75, 3.05) is 13.2 Å². The zero-order chi connectivity index (χ0) is 27.8. The molecule has 0 saturated heterocycles. The molecule has 0 bridgehead atoms. The van der Waals surface area contributed by atoms with Crippen molar-refractivity contribution >= 4 is 5.78 Å². The van der Waals surface area contributed by atoms with Crippen LogP contribution in [0.1, 0.15) is 121 Å². The van der Waals surface area contributed by atoms with E-state index in [0.717, 1.165) is 62.9 Å². The molecule has 3 heteroatoms. The fraction of sp³-hybridized carbons (Fsp3) is 0.649. The predicted molar refractivity (Wildman–Crippen MR) is 167 cm³/mol. The molecular weight excluding hydrogens is 492 g/mol. The molecule has 2 aliphatic rings. The van der Waals surface area contributed by atoms with Crippen LogP contribution in [-0.2, 0) is 9.53 Å². The summed E-state index contributed by atoms with van der Waals surface area (Å²) in [5, 5.41) is 0. The first-order chi connectivity index (χ1) is 19.7. The number of rotatable bonds is 17. The molecule has 40 heavy (non-hydrogen) atoms. The fourth-order valence-electron chi connectivity index (χ4n) is 6.71. The molecule has 2 aromatic rings. The first kappa shape index (κ1) is 30.8. The summed E-state index contributed by atoms with van der Waals surface area (Å²) in [5.74, 6) is 3.13. The quantitative estimate of drug-likeness (QED) is 0.185. The number of aryl methyl sites for hydroxylation is 1. The Hall–Kier alpha value is -2.13. The molecule has 0 aromatic heterocycles. The number of unbranched alkanes of at least 4 members (excludes halogenated alkanes) is 9. The Morgan fingerprint density at radius 3 is 1.62 bits per heavy atom. The van der Waals surface area contributed by atoms with E-state index in [0.29, 0.717) is 11.9 Å². The number of Topliss-reactive ketones (excluding diaryl/α,β-unsaturated/α-hetero) is 1. The standard InChI is InChI=1S/C37H54O3/c1-30-12-14-31(15-13-30)33-18-24-36(25-19-33)39-28-10-8-6-4-2-3-5-7-9-11-29-40-37-26-20-34(21-27-37)32-16-22-35(38)23-17-32/h12-15,18-19,24-25,32,34,37H,2-11,16-17,20-23,26-29H2,1H3. The van der Waals surface area contributed by atoms with Gasteiger partial charge in [-0.2, -0.15) is 0 Å². The number of carbonyl (C=O) groups excluding carboxylic acids is 1. The predicted octanol–water partition coefficient (Wildman–Crippen LogP) is 10.3. The van der Waals surface area contributed by atoms with E-state index in [1.807, 2.05) is 0 Å². The van der Waals surface area contributed by atoms with E-state index >= 15 is 0 Å². The molecule has 2 fully saturated rings. The van der Waals surface area contributed by atoms with Crippen LogP contribution in [0.2, 0.25) is 0 Å². The van der Waals surface area contributed by atoms with E-state index < -0.39 is 0 Å². The molecule has 0 heterocycles. The van der Waals surface area contributed by atoms with Crippen molar-refractivity contribution in [3.05, 3.63) is 54.1 Å². The third-order valence-electron chi connectivity index (χ3n) is 9.37. The molecule has 3 nitrogen and oxygen atoms in total. The summed E-state index contributed by atoms with van der Waals surface area (Å²) in [6, 6.07) is 17.2. The number of ether oxygens (including phenoxy) is 2. The molecule has 0 amide bonds. The van der Waals surface area contributed by atoms with Gasteiger partial charge in [0.1, 0.15) is 11.5 Å². The third-order valence-corrected chi connectivity index (χ3v) is 9.37. The van der Waals surface area contributed by atoms with Gasteiger partial charge in [-0.15, -0.1) is 0 Å². The Labute approximate surface area is 244 Å². The highest BCUT2D eigenvalue weighted by Gasteiger charge is 2.30. The smallest absolute Gasteiger partial charge is 0.132 e. The third kappa shape index (κ3) is 11.0. The van der Waals surface area contributed by atoms with Crippen molar-refractivity contribution < 1.29 is 14.3 Å². The number of hydrogen-bond donors (Lipinski definition) is 0. The van der Waals surface area contributed by atoms with Crippen LogP contribution in [0.25, 0.3) is 11.1 Å². The van der Waals surface area contributed by atoms with E-state index in [2.05, 4.69) is 55.5 Å². The summed E-state index contributed by atoms with van der Waals surface area (Å²) >= 11 is 0. The normalized spacial score (nSPS) is 20.1. The van der Waals surface area contributed by atoms with Crippen molar-refractivity contribution in [2.24, 2.45) is 11.8 Å². The Morgan fingerprint density at radius 2 is 1.05 bits per heavy atom. The van der Waals surface area contributed by atoms with Crippen molar-refractivity contribution in [1.29, 1.82) is 0 Å². The monoisotopic (exact) mass is 546 g/mol. The molecule has 4 rings (SSSR count). The first-order valence-corrected chi connectivity index (χ1v) is 16.6. The zero-order valence-corrected chi connectivity index (χ0v) is 25.2. The summed E-state index contributed by atoms with van der Waals surface area (Å²) in [7, 11) is 0. The highest BCUT2D eigenvalue weighted by atomic mass is 16.5. The maximum atomic E-state index is 11.5. The average molecular weight is 547 g/mol. The van der Waals surface area contributed by atoms with Gasteiger partial charge in [0.25, 0.3) is 0 Å². The maximum Gasteiger partial charge on any atom is 0.132 e. The molecule has 220 valence electrons. The van der Waals surface area contributed by atoms with E-state index in [1.165, 1.54) is 100 Å². The van der Waals surface area contributed by atoms with Crippen LogP contribution in [0, 0.1) is 18.8 Å². The lowest BCUT2D eigenvalue weighted by atomic mass is 9.72. The van der Waals surface area contributed by atoms with Gasteiger partial charge < -0.3 is 9.47 Å². The summed E-state index contributed by atoms with van der Waals surface area (Å²) in [6.45, 7) is 3.89. The Bertz CT molecular complexity index is 946. The lowest BCUT2D eigenvalue weighted by molar-refractivity contribution is -0.121. The molecule has 0 radical (unpaired) electrons. The Kier molecular flexibility index (Phi) is 13.6. The van der Waals surface area contributed by atoms with Crippen molar-refractivity contribution in [1.82, 2.24) is 0 Å². The number of ketones is 1. The second-order valence-corrected chi connectivity index (χ2v) is 12.6. The van der Waals surface area contributed by atoms with E-state index in [9.17, 15) is 4.79 Å². The van der Waals surface area contributed by atoms with Gasteiger partial charge in [0, 0.05) is 19.4 Å². The number of benzene rings is 2. The minimum atomic E-state index is 0.488. The van der Waals surface area contributed by atoms with Crippen molar-refractivity contribution in [3.8, 4) is 16.9 Å². The molecule has 0 N–H and O–H groups in total. The average Bonchev–Trinajstić information content (AvgIpc) is 2.99. The molecule has 0 spiro atoms. The largest absolute Gasteiger partial charge is 0.494 e. The van der Waals surface area contributed by atoms with Crippen LogP contribution in [0.4, 0.5) is 0 Å². The summed E-state index contributed by atoms with van der Waals surface area (Å²) in [5.41, 5.74) is 3.79. The van der Waals surface area contributed by atoms with Gasteiger partial charge in [-0.3, -0.25) is 4.79 Å². The topological polar surface area (TPSA) is 35.5 Å². The molecule has 2 aromatic carbocycles. The first-order valence-electron chi connectivity index (χ1n) is 16.6. The highest BCUT2D eigenvalue weighted by Crippen LogP contribution is 2.38. The summed E-state index contributed by atoms with van der Waals surface area (Å²) in [6.07, 6.45) is 22.7. The van der Waals surface area contributed by atoms with Crippen LogP contribution in [0.5, 0.6) is 5.75 Å². The summed E-state index contributed by atoms with van der Waals surface area (Å²) in [4.78, 5) is 11.5.